The molecule has 1 heterocycles. The maximum Gasteiger partial charge on any atom is 0.279 e. The largest absolute Gasteiger partial charge is 0.329 e. The van der Waals surface area contributed by atoms with E-state index in [-0.39, 0.29) is 0 Å². The van der Waals surface area contributed by atoms with Crippen LogP contribution in [0.25, 0.3) is 0 Å². The van der Waals surface area contributed by atoms with Gasteiger partial charge in [-0.2, -0.15) is 17.4 Å². The predicted octanol–water partition coefficient (Wildman–Crippen LogP) is 0.680. The van der Waals surface area contributed by atoms with Crippen LogP contribution in [0.2, 0.25) is 0 Å². The summed E-state index contributed by atoms with van der Waals surface area (Å²) in [5.41, 5.74) is 5.09. The van der Waals surface area contributed by atoms with Crippen molar-refractivity contribution in [3.63, 3.8) is 0 Å². The first-order valence-corrected chi connectivity index (χ1v) is 7.76. The van der Waals surface area contributed by atoms with E-state index in [1.54, 1.807) is 0 Å². The Kier molecular flexibility index (Phi) is 4.95. The molecule has 6 heteroatoms. The Balaban J connectivity index is 2.68. The Morgan fingerprint density at radius 3 is 2.35 bits per heavy atom. The standard InChI is InChI=1S/C11H25N3O2S/c1-4-11(3,9-12)13-17(15,16)14-7-5-10(2)6-8-14/h10,13H,4-9,12H2,1-3H3. The van der Waals surface area contributed by atoms with Gasteiger partial charge in [-0.1, -0.05) is 13.8 Å². The summed E-state index contributed by atoms with van der Waals surface area (Å²) in [4.78, 5) is 0. The number of nitrogens with two attached hydrogens (primary N) is 1. The first-order valence-electron chi connectivity index (χ1n) is 6.32. The molecular weight excluding hydrogens is 238 g/mol. The van der Waals surface area contributed by atoms with Crippen LogP contribution in [0.1, 0.15) is 40.0 Å². The Bertz CT molecular complexity index is 331. The van der Waals surface area contributed by atoms with Crippen molar-refractivity contribution in [1.29, 1.82) is 0 Å². The number of nitrogens with one attached hydrogen (secondary N) is 1. The van der Waals surface area contributed by atoms with Crippen LogP contribution in [-0.4, -0.2) is 37.9 Å². The highest BCUT2D eigenvalue weighted by molar-refractivity contribution is 7.87. The average molecular weight is 263 g/mol. The minimum Gasteiger partial charge on any atom is -0.329 e. The summed E-state index contributed by atoms with van der Waals surface area (Å²) < 4.78 is 28.6. The Labute approximate surface area is 105 Å². The molecule has 102 valence electrons. The molecule has 0 saturated carbocycles. The van der Waals surface area contributed by atoms with E-state index in [4.69, 9.17) is 5.73 Å². The summed E-state index contributed by atoms with van der Waals surface area (Å²) in [5.74, 6) is 0.619. The molecule has 1 fully saturated rings. The lowest BCUT2D eigenvalue weighted by Crippen LogP contribution is -2.56. The van der Waals surface area contributed by atoms with Crippen LogP contribution < -0.4 is 10.5 Å². The maximum absolute atomic E-state index is 12.2. The third kappa shape index (κ3) is 3.91. The quantitative estimate of drug-likeness (QED) is 0.766. The summed E-state index contributed by atoms with van der Waals surface area (Å²) in [5, 5.41) is 0. The van der Waals surface area contributed by atoms with Crippen molar-refractivity contribution in [2.45, 2.75) is 45.6 Å². The van der Waals surface area contributed by atoms with E-state index < -0.39 is 15.7 Å². The summed E-state index contributed by atoms with van der Waals surface area (Å²) in [6.45, 7) is 7.48. The zero-order valence-corrected chi connectivity index (χ0v) is 11.9. The minimum absolute atomic E-state index is 0.312. The Morgan fingerprint density at radius 2 is 1.94 bits per heavy atom. The van der Waals surface area contributed by atoms with Gasteiger partial charge < -0.3 is 5.73 Å². The van der Waals surface area contributed by atoms with Gasteiger partial charge in [0.15, 0.2) is 0 Å². The third-order valence-electron chi connectivity index (χ3n) is 3.69. The van der Waals surface area contributed by atoms with Crippen molar-refractivity contribution in [3.8, 4) is 0 Å². The number of hydrogen-bond donors (Lipinski definition) is 2. The smallest absolute Gasteiger partial charge is 0.279 e. The van der Waals surface area contributed by atoms with Crippen LogP contribution in [-0.2, 0) is 10.2 Å². The molecule has 5 nitrogen and oxygen atoms in total. The molecule has 1 aliphatic rings. The van der Waals surface area contributed by atoms with Crippen LogP contribution in [0.5, 0.6) is 0 Å². The van der Waals surface area contributed by atoms with Gasteiger partial charge in [0, 0.05) is 25.2 Å². The molecule has 0 aromatic rings. The lowest BCUT2D eigenvalue weighted by molar-refractivity contribution is 0.277. The van der Waals surface area contributed by atoms with E-state index in [2.05, 4.69) is 11.6 Å². The van der Waals surface area contributed by atoms with Gasteiger partial charge in [0.2, 0.25) is 0 Å². The average Bonchev–Trinajstić information content (AvgIpc) is 2.29. The number of hydrogen-bond acceptors (Lipinski definition) is 3. The molecule has 17 heavy (non-hydrogen) atoms. The van der Waals surface area contributed by atoms with Crippen molar-refractivity contribution in [3.05, 3.63) is 0 Å². The van der Waals surface area contributed by atoms with Crippen molar-refractivity contribution >= 4 is 10.2 Å². The maximum atomic E-state index is 12.2. The van der Waals surface area contributed by atoms with Crippen molar-refractivity contribution in [2.24, 2.45) is 11.7 Å². The highest BCUT2D eigenvalue weighted by atomic mass is 32.2. The Morgan fingerprint density at radius 1 is 1.41 bits per heavy atom. The van der Waals surface area contributed by atoms with Gasteiger partial charge in [0.25, 0.3) is 10.2 Å². The molecule has 0 aliphatic carbocycles. The minimum atomic E-state index is -3.39. The third-order valence-corrected chi connectivity index (χ3v) is 5.48. The first kappa shape index (κ1) is 14.9. The molecule has 0 bridgehead atoms. The summed E-state index contributed by atoms with van der Waals surface area (Å²) in [6, 6.07) is 0. The molecule has 1 saturated heterocycles. The van der Waals surface area contributed by atoms with E-state index in [1.807, 2.05) is 13.8 Å². The van der Waals surface area contributed by atoms with Gasteiger partial charge in [0.1, 0.15) is 0 Å². The monoisotopic (exact) mass is 263 g/mol. The van der Waals surface area contributed by atoms with E-state index in [0.29, 0.717) is 32.0 Å². The fourth-order valence-electron chi connectivity index (χ4n) is 1.86. The van der Waals surface area contributed by atoms with E-state index in [9.17, 15) is 8.42 Å². The molecule has 3 N–H and O–H groups in total. The number of piperidine rings is 1. The molecule has 0 aromatic heterocycles. The summed E-state index contributed by atoms with van der Waals surface area (Å²) >= 11 is 0. The van der Waals surface area contributed by atoms with Gasteiger partial charge in [-0.3, -0.25) is 0 Å². The van der Waals surface area contributed by atoms with Crippen molar-refractivity contribution in [1.82, 2.24) is 9.03 Å². The molecular formula is C11H25N3O2S. The first-order chi connectivity index (χ1) is 7.83. The fourth-order valence-corrected chi connectivity index (χ4v) is 3.53. The lowest BCUT2D eigenvalue weighted by Gasteiger charge is -2.34. The summed E-state index contributed by atoms with van der Waals surface area (Å²) in [6.07, 6.45) is 2.56. The second-order valence-electron chi connectivity index (χ2n) is 5.31. The van der Waals surface area contributed by atoms with Crippen molar-refractivity contribution in [2.75, 3.05) is 19.6 Å². The topological polar surface area (TPSA) is 75.4 Å². The number of rotatable bonds is 5. The molecule has 0 aromatic carbocycles. The van der Waals surface area contributed by atoms with Crippen LogP contribution in [0.15, 0.2) is 0 Å². The van der Waals surface area contributed by atoms with Gasteiger partial charge in [-0.05, 0) is 32.1 Å². The molecule has 1 atom stereocenters. The van der Waals surface area contributed by atoms with E-state index >= 15 is 0 Å². The normalized spacial score (nSPS) is 23.5. The number of nitrogens with zero attached hydrogens (tertiary/aromatic N) is 1. The highest BCUT2D eigenvalue weighted by Gasteiger charge is 2.32. The summed E-state index contributed by atoms with van der Waals surface area (Å²) in [7, 11) is -3.39. The predicted molar refractivity (Wildman–Crippen MR) is 69.8 cm³/mol. The van der Waals surface area contributed by atoms with Crippen LogP contribution in [0, 0.1) is 5.92 Å². The molecule has 1 rings (SSSR count). The van der Waals surface area contributed by atoms with Crippen LogP contribution >= 0.6 is 0 Å². The molecule has 0 spiro atoms. The van der Waals surface area contributed by atoms with E-state index in [0.717, 1.165) is 12.8 Å². The SMILES string of the molecule is CCC(C)(CN)NS(=O)(=O)N1CCC(C)CC1. The zero-order valence-electron chi connectivity index (χ0n) is 11.1. The van der Waals surface area contributed by atoms with Gasteiger partial charge in [0.05, 0.1) is 0 Å². The van der Waals surface area contributed by atoms with Crippen LogP contribution in [0.4, 0.5) is 0 Å². The van der Waals surface area contributed by atoms with Crippen molar-refractivity contribution < 1.29 is 8.42 Å². The van der Waals surface area contributed by atoms with Crippen LogP contribution in [0.3, 0.4) is 0 Å². The zero-order chi connectivity index (χ0) is 13.1. The second-order valence-corrected chi connectivity index (χ2v) is 6.98. The van der Waals surface area contributed by atoms with E-state index in [1.165, 1.54) is 4.31 Å². The molecule has 1 aliphatic heterocycles. The fraction of sp³-hybridized carbons (Fsp3) is 1.00. The molecule has 1 unspecified atom stereocenters. The van der Waals surface area contributed by atoms with Gasteiger partial charge in [-0.15, -0.1) is 0 Å². The highest BCUT2D eigenvalue weighted by Crippen LogP contribution is 2.19. The molecule has 0 amide bonds. The lowest BCUT2D eigenvalue weighted by atomic mass is 10.0. The van der Waals surface area contributed by atoms with Gasteiger partial charge >= 0.3 is 0 Å². The Hall–Kier alpha value is -0.170. The van der Waals surface area contributed by atoms with Gasteiger partial charge in [-0.25, -0.2) is 0 Å². The second kappa shape index (κ2) is 5.65. The molecule has 0 radical (unpaired) electrons.